The molecule has 6 nitrogen and oxygen atoms in total. The Hall–Kier alpha value is -3.90. The van der Waals surface area contributed by atoms with Gasteiger partial charge in [-0.15, -0.1) is 0 Å². The zero-order chi connectivity index (χ0) is 33.1. The average Bonchev–Trinajstić information content (AvgIpc) is 3.01. The number of rotatable bonds is 7. The third-order valence-corrected chi connectivity index (χ3v) is 8.83. The zero-order valence-corrected chi connectivity index (χ0v) is 25.4. The molecule has 2 aliphatic heterocycles. The van der Waals surface area contributed by atoms with Crippen LogP contribution in [0.4, 0.5) is 26.3 Å². The third-order valence-electron chi connectivity index (χ3n) is 8.83. The monoisotopic (exact) mass is 646 g/mol. The molecular weight excluding hydrogens is 610 g/mol. The predicted molar refractivity (Wildman–Crippen MR) is 160 cm³/mol. The van der Waals surface area contributed by atoms with Gasteiger partial charge in [-0.05, 0) is 47.7 Å². The van der Waals surface area contributed by atoms with Crippen LogP contribution in [0.25, 0.3) is 0 Å². The Morgan fingerprint density at radius 2 is 1.35 bits per heavy atom. The Morgan fingerprint density at radius 3 is 1.89 bits per heavy atom. The van der Waals surface area contributed by atoms with E-state index in [1.165, 1.54) is 6.92 Å². The number of alkyl halides is 6. The molecule has 5 rings (SSSR count). The minimum atomic E-state index is -4.93. The van der Waals surface area contributed by atoms with E-state index in [9.17, 15) is 35.9 Å². The van der Waals surface area contributed by atoms with Crippen molar-refractivity contribution in [1.82, 2.24) is 20.0 Å². The summed E-state index contributed by atoms with van der Waals surface area (Å²) in [5.74, 6) is -0.240. The van der Waals surface area contributed by atoms with Crippen LogP contribution in [0.3, 0.4) is 0 Å². The number of hydrogen-bond donors (Lipinski definition) is 1. The van der Waals surface area contributed by atoms with Gasteiger partial charge in [-0.25, -0.2) is 0 Å². The molecule has 0 aliphatic carbocycles. The van der Waals surface area contributed by atoms with Gasteiger partial charge in [0, 0.05) is 46.2 Å². The van der Waals surface area contributed by atoms with Crippen LogP contribution in [0.5, 0.6) is 0 Å². The number of likely N-dealkylation sites (tertiary alicyclic amines) is 1. The van der Waals surface area contributed by atoms with E-state index < -0.39 is 35.1 Å². The van der Waals surface area contributed by atoms with Crippen LogP contribution in [0.2, 0.25) is 0 Å². The average molecular weight is 647 g/mol. The fourth-order valence-electron chi connectivity index (χ4n) is 6.57. The van der Waals surface area contributed by atoms with Gasteiger partial charge in [-0.2, -0.15) is 26.3 Å². The van der Waals surface area contributed by atoms with Crippen LogP contribution in [0.1, 0.15) is 53.6 Å². The summed E-state index contributed by atoms with van der Waals surface area (Å²) in [4.78, 5) is 31.5. The van der Waals surface area contributed by atoms with Crippen molar-refractivity contribution in [3.63, 3.8) is 0 Å². The molecular formula is C34H36F6N4O2. The van der Waals surface area contributed by atoms with Gasteiger partial charge in [-0.3, -0.25) is 19.4 Å². The number of piperidine rings is 1. The molecule has 12 heteroatoms. The van der Waals surface area contributed by atoms with E-state index >= 15 is 0 Å². The summed E-state index contributed by atoms with van der Waals surface area (Å²) in [7, 11) is 0. The number of carbonyl (C=O) groups is 2. The zero-order valence-electron chi connectivity index (χ0n) is 25.4. The van der Waals surface area contributed by atoms with Gasteiger partial charge < -0.3 is 10.2 Å². The number of carbonyl (C=O) groups excluding carboxylic acids is 2. The summed E-state index contributed by atoms with van der Waals surface area (Å²) in [5.41, 5.74) is -1.47. The second kappa shape index (κ2) is 13.4. The summed E-state index contributed by atoms with van der Waals surface area (Å²) in [5, 5.41) is 3.13. The molecule has 2 saturated heterocycles. The highest BCUT2D eigenvalue weighted by atomic mass is 19.4. The van der Waals surface area contributed by atoms with Crippen LogP contribution >= 0.6 is 0 Å². The number of benzene rings is 3. The molecule has 3 aromatic rings. The van der Waals surface area contributed by atoms with Gasteiger partial charge >= 0.3 is 12.4 Å². The van der Waals surface area contributed by atoms with Gasteiger partial charge in [0.1, 0.15) is 0 Å². The smallest absolute Gasteiger partial charge is 0.347 e. The van der Waals surface area contributed by atoms with E-state index in [1.54, 1.807) is 9.80 Å². The van der Waals surface area contributed by atoms with Gasteiger partial charge in [-0.1, -0.05) is 60.7 Å². The Bertz CT molecular complexity index is 1470. The lowest BCUT2D eigenvalue weighted by atomic mass is 9.80. The van der Waals surface area contributed by atoms with Crippen molar-refractivity contribution in [2.75, 3.05) is 39.3 Å². The quantitative estimate of drug-likeness (QED) is 0.309. The van der Waals surface area contributed by atoms with E-state index in [0.29, 0.717) is 25.9 Å². The highest BCUT2D eigenvalue weighted by molar-refractivity contribution is 5.79. The molecule has 46 heavy (non-hydrogen) atoms. The van der Waals surface area contributed by atoms with Gasteiger partial charge in [0.15, 0.2) is 0 Å². The molecule has 2 heterocycles. The molecule has 2 fully saturated rings. The molecule has 0 radical (unpaired) electrons. The Labute approximate surface area is 264 Å². The molecule has 1 atom stereocenters. The lowest BCUT2D eigenvalue weighted by molar-refractivity contribution is -0.143. The number of halogens is 6. The number of nitrogens with zero attached hydrogens (tertiary/aromatic N) is 3. The van der Waals surface area contributed by atoms with Crippen molar-refractivity contribution in [3.05, 3.63) is 107 Å². The van der Waals surface area contributed by atoms with Crippen molar-refractivity contribution in [3.8, 4) is 0 Å². The largest absolute Gasteiger partial charge is 0.416 e. The summed E-state index contributed by atoms with van der Waals surface area (Å²) in [6.45, 7) is 3.46. The SMILES string of the molecule is CC(=O)NC1(c2ccccc2)CCN(CC(=O)N2CCN(Cc3cc(C(F)(F)F)cc(C(F)(F)F)c3)CC2c2ccccc2)CC1. The molecule has 2 amide bonds. The molecule has 0 bridgehead atoms. The summed E-state index contributed by atoms with van der Waals surface area (Å²) in [6.07, 6.45) is -8.61. The molecule has 2 aliphatic rings. The molecule has 246 valence electrons. The second-order valence-corrected chi connectivity index (χ2v) is 12.1. The first-order valence-electron chi connectivity index (χ1n) is 15.2. The predicted octanol–water partition coefficient (Wildman–Crippen LogP) is 6.24. The fourth-order valence-corrected chi connectivity index (χ4v) is 6.57. The maximum atomic E-state index is 13.8. The van der Waals surface area contributed by atoms with Crippen molar-refractivity contribution < 1.29 is 35.9 Å². The second-order valence-electron chi connectivity index (χ2n) is 12.1. The van der Waals surface area contributed by atoms with Crippen molar-refractivity contribution >= 4 is 11.8 Å². The van der Waals surface area contributed by atoms with Gasteiger partial charge in [0.25, 0.3) is 0 Å². The number of nitrogens with one attached hydrogen (secondary N) is 1. The minimum absolute atomic E-state index is 0.0943. The molecule has 0 aromatic heterocycles. The highest BCUT2D eigenvalue weighted by Gasteiger charge is 2.40. The summed E-state index contributed by atoms with van der Waals surface area (Å²) in [6, 6.07) is 20.2. The molecule has 1 N–H and O–H groups in total. The van der Waals surface area contributed by atoms with E-state index in [2.05, 4.69) is 10.2 Å². The van der Waals surface area contributed by atoms with E-state index in [1.807, 2.05) is 60.7 Å². The minimum Gasteiger partial charge on any atom is -0.347 e. The topological polar surface area (TPSA) is 55.9 Å². The number of piperazine rings is 1. The van der Waals surface area contributed by atoms with Gasteiger partial charge in [0.2, 0.25) is 11.8 Å². The summed E-state index contributed by atoms with van der Waals surface area (Å²) < 4.78 is 80.8. The molecule has 0 saturated carbocycles. The molecule has 1 unspecified atom stereocenters. The van der Waals surface area contributed by atoms with Crippen molar-refractivity contribution in [2.45, 2.75) is 50.2 Å². The number of amides is 2. The normalized spacial score (nSPS) is 19.5. The summed E-state index contributed by atoms with van der Waals surface area (Å²) >= 11 is 0. The van der Waals surface area contributed by atoms with Crippen LogP contribution < -0.4 is 5.32 Å². The maximum Gasteiger partial charge on any atom is 0.416 e. The lowest BCUT2D eigenvalue weighted by Gasteiger charge is -2.45. The van der Waals surface area contributed by atoms with Crippen molar-refractivity contribution in [1.29, 1.82) is 0 Å². The molecule has 3 aromatic carbocycles. The van der Waals surface area contributed by atoms with Crippen LogP contribution in [0.15, 0.2) is 78.9 Å². The first-order chi connectivity index (χ1) is 21.7. The Balaban J connectivity index is 1.30. The van der Waals surface area contributed by atoms with Crippen LogP contribution in [-0.4, -0.2) is 65.8 Å². The first kappa shape index (κ1) is 33.5. The van der Waals surface area contributed by atoms with Crippen LogP contribution in [-0.2, 0) is 34.0 Å². The highest BCUT2D eigenvalue weighted by Crippen LogP contribution is 2.37. The Morgan fingerprint density at radius 1 is 0.783 bits per heavy atom. The van der Waals surface area contributed by atoms with Gasteiger partial charge in [0.05, 0.1) is 29.3 Å². The molecule has 0 spiro atoms. The van der Waals surface area contributed by atoms with E-state index in [4.69, 9.17) is 0 Å². The lowest BCUT2D eigenvalue weighted by Crippen LogP contribution is -2.56. The van der Waals surface area contributed by atoms with E-state index in [0.717, 1.165) is 23.3 Å². The maximum absolute atomic E-state index is 13.8. The third kappa shape index (κ3) is 7.90. The first-order valence-corrected chi connectivity index (χ1v) is 15.2. The van der Waals surface area contributed by atoms with E-state index in [-0.39, 0.29) is 56.2 Å². The Kier molecular flexibility index (Phi) is 9.78. The number of hydrogen-bond acceptors (Lipinski definition) is 4. The fraction of sp³-hybridized carbons (Fsp3) is 0.412. The van der Waals surface area contributed by atoms with Crippen LogP contribution in [0, 0.1) is 0 Å². The van der Waals surface area contributed by atoms with Crippen molar-refractivity contribution in [2.24, 2.45) is 0 Å². The standard InChI is InChI=1S/C34H36F6N4O2/c1-24(45)41-32(27-10-6-3-7-11-27)12-14-42(15-13-32)23-31(46)44-17-16-43(22-30(44)26-8-4-2-5-9-26)21-25-18-28(33(35,36)37)20-29(19-25)34(38,39)40/h2-11,18-20,30H,12-17,21-23H2,1H3,(H,41,45).